The molecule has 0 aromatic carbocycles. The number of carbonyl (C=O) groups is 2. The zero-order valence-electron chi connectivity index (χ0n) is 21.2. The standard InChI is InChI=1S/C26H52N2O4/c1-3-5-7-9-11-15-19-23-31-25(29)27-21-17-13-14-18-22-28-26(30)32-24-20-16-12-10-8-6-4-2/h3-24H2,1-2H3,(H,27,29)(H,28,30). The van der Waals surface area contributed by atoms with E-state index >= 15 is 0 Å². The second kappa shape index (κ2) is 25.8. The van der Waals surface area contributed by atoms with E-state index in [4.69, 9.17) is 9.47 Å². The fraction of sp³-hybridized carbons (Fsp3) is 0.923. The molecule has 0 radical (unpaired) electrons. The van der Waals surface area contributed by atoms with Crippen LogP contribution in [0.25, 0.3) is 0 Å². The lowest BCUT2D eigenvalue weighted by Gasteiger charge is -2.08. The molecule has 0 aliphatic rings. The van der Waals surface area contributed by atoms with Gasteiger partial charge in [0.1, 0.15) is 0 Å². The number of rotatable bonds is 23. The van der Waals surface area contributed by atoms with Crippen LogP contribution in [0.4, 0.5) is 9.59 Å². The van der Waals surface area contributed by atoms with Gasteiger partial charge in [-0.15, -0.1) is 0 Å². The van der Waals surface area contributed by atoms with Crippen LogP contribution in [0.3, 0.4) is 0 Å². The molecule has 0 bridgehead atoms. The Morgan fingerprint density at radius 1 is 0.469 bits per heavy atom. The number of unbranched alkanes of at least 4 members (excludes halogenated alkanes) is 15. The molecular weight excluding hydrogens is 404 g/mol. The number of ether oxygens (including phenoxy) is 2. The highest BCUT2D eigenvalue weighted by atomic mass is 16.6. The van der Waals surface area contributed by atoms with Gasteiger partial charge >= 0.3 is 12.2 Å². The highest BCUT2D eigenvalue weighted by molar-refractivity contribution is 5.67. The van der Waals surface area contributed by atoms with Crippen molar-refractivity contribution >= 4 is 12.2 Å². The first-order valence-corrected chi connectivity index (χ1v) is 13.5. The molecule has 0 aromatic rings. The summed E-state index contributed by atoms with van der Waals surface area (Å²) >= 11 is 0. The number of amides is 2. The first kappa shape index (κ1) is 30.5. The number of nitrogens with one attached hydrogen (secondary N) is 2. The number of carbonyl (C=O) groups excluding carboxylic acids is 2. The van der Waals surface area contributed by atoms with Gasteiger partial charge in [-0.2, -0.15) is 0 Å². The van der Waals surface area contributed by atoms with Crippen LogP contribution in [0.1, 0.15) is 129 Å². The summed E-state index contributed by atoms with van der Waals surface area (Å²) in [7, 11) is 0. The molecule has 0 spiro atoms. The third kappa shape index (κ3) is 24.8. The van der Waals surface area contributed by atoms with E-state index in [0.29, 0.717) is 26.3 Å². The number of hydrogen-bond donors (Lipinski definition) is 2. The van der Waals surface area contributed by atoms with Gasteiger partial charge in [-0.3, -0.25) is 0 Å². The second-order valence-corrected chi connectivity index (χ2v) is 8.78. The summed E-state index contributed by atoms with van der Waals surface area (Å²) in [6.45, 7) is 6.76. The van der Waals surface area contributed by atoms with Crippen LogP contribution < -0.4 is 10.6 Å². The summed E-state index contributed by atoms with van der Waals surface area (Å²) in [4.78, 5) is 23.2. The Bertz CT molecular complexity index is 381. The third-order valence-electron chi connectivity index (χ3n) is 5.60. The first-order valence-electron chi connectivity index (χ1n) is 13.5. The Balaban J connectivity index is 3.25. The minimum absolute atomic E-state index is 0.304. The molecule has 2 N–H and O–H groups in total. The zero-order valence-corrected chi connectivity index (χ0v) is 21.2. The lowest BCUT2D eigenvalue weighted by molar-refractivity contribution is 0.142. The van der Waals surface area contributed by atoms with E-state index in [2.05, 4.69) is 24.5 Å². The van der Waals surface area contributed by atoms with Crippen molar-refractivity contribution in [2.75, 3.05) is 26.3 Å². The van der Waals surface area contributed by atoms with Gasteiger partial charge in [0.05, 0.1) is 13.2 Å². The van der Waals surface area contributed by atoms with Crippen molar-refractivity contribution in [3.05, 3.63) is 0 Å². The Kier molecular flexibility index (Phi) is 24.6. The van der Waals surface area contributed by atoms with E-state index in [1.807, 2.05) is 0 Å². The van der Waals surface area contributed by atoms with Crippen molar-refractivity contribution < 1.29 is 19.1 Å². The monoisotopic (exact) mass is 456 g/mol. The molecule has 0 fully saturated rings. The molecule has 2 amide bonds. The van der Waals surface area contributed by atoms with Crippen LogP contribution in [0.2, 0.25) is 0 Å². The van der Waals surface area contributed by atoms with E-state index < -0.39 is 0 Å². The van der Waals surface area contributed by atoms with Gasteiger partial charge in [0.2, 0.25) is 0 Å². The van der Waals surface area contributed by atoms with E-state index in [-0.39, 0.29) is 12.2 Å². The van der Waals surface area contributed by atoms with Crippen LogP contribution in [0, 0.1) is 0 Å². The highest BCUT2D eigenvalue weighted by Crippen LogP contribution is 2.08. The molecule has 0 aromatic heterocycles. The summed E-state index contributed by atoms with van der Waals surface area (Å²) in [5, 5.41) is 5.61. The third-order valence-corrected chi connectivity index (χ3v) is 5.60. The molecule has 0 aliphatic heterocycles. The molecule has 0 saturated heterocycles. The smallest absolute Gasteiger partial charge is 0.407 e. The average molecular weight is 457 g/mol. The van der Waals surface area contributed by atoms with Crippen LogP contribution in [-0.4, -0.2) is 38.5 Å². The predicted molar refractivity (Wildman–Crippen MR) is 133 cm³/mol. The molecule has 6 heteroatoms. The van der Waals surface area contributed by atoms with E-state index in [9.17, 15) is 9.59 Å². The van der Waals surface area contributed by atoms with Gasteiger partial charge in [-0.1, -0.05) is 104 Å². The van der Waals surface area contributed by atoms with Crippen LogP contribution in [0.5, 0.6) is 0 Å². The maximum atomic E-state index is 11.6. The van der Waals surface area contributed by atoms with Gasteiger partial charge in [-0.25, -0.2) is 9.59 Å². The van der Waals surface area contributed by atoms with E-state index in [0.717, 1.165) is 51.4 Å². The minimum atomic E-state index is -0.304. The fourth-order valence-corrected chi connectivity index (χ4v) is 3.53. The number of hydrogen-bond acceptors (Lipinski definition) is 4. The van der Waals surface area contributed by atoms with Gasteiger partial charge < -0.3 is 20.1 Å². The minimum Gasteiger partial charge on any atom is -0.450 e. The SMILES string of the molecule is CCCCCCCCCOC(=O)NCCCCCCNC(=O)OCCCCCCCCC. The van der Waals surface area contributed by atoms with Gasteiger partial charge in [0, 0.05) is 13.1 Å². The van der Waals surface area contributed by atoms with Crippen molar-refractivity contribution in [2.45, 2.75) is 129 Å². The normalized spacial score (nSPS) is 10.7. The van der Waals surface area contributed by atoms with Crippen molar-refractivity contribution in [1.29, 1.82) is 0 Å². The number of alkyl carbamates (subject to hydrolysis) is 2. The molecule has 32 heavy (non-hydrogen) atoms. The van der Waals surface area contributed by atoms with Gasteiger partial charge in [-0.05, 0) is 25.7 Å². The highest BCUT2D eigenvalue weighted by Gasteiger charge is 2.02. The van der Waals surface area contributed by atoms with Crippen LogP contribution in [0.15, 0.2) is 0 Å². The topological polar surface area (TPSA) is 76.7 Å². The molecule has 0 rings (SSSR count). The largest absolute Gasteiger partial charge is 0.450 e. The van der Waals surface area contributed by atoms with E-state index in [1.165, 1.54) is 64.2 Å². The molecule has 0 heterocycles. The Morgan fingerprint density at radius 2 is 0.781 bits per heavy atom. The zero-order chi connectivity index (χ0) is 23.5. The van der Waals surface area contributed by atoms with Crippen molar-refractivity contribution in [2.24, 2.45) is 0 Å². The molecule has 0 aliphatic carbocycles. The van der Waals surface area contributed by atoms with Crippen molar-refractivity contribution in [1.82, 2.24) is 10.6 Å². The quantitative estimate of drug-likeness (QED) is 0.156. The summed E-state index contributed by atoms with van der Waals surface area (Å²) in [6.07, 6.45) is 20.3. The maximum absolute atomic E-state index is 11.6. The predicted octanol–water partition coefficient (Wildman–Crippen LogP) is 7.50. The van der Waals surface area contributed by atoms with Crippen LogP contribution >= 0.6 is 0 Å². The van der Waals surface area contributed by atoms with Crippen molar-refractivity contribution in [3.8, 4) is 0 Å². The Morgan fingerprint density at radius 3 is 1.16 bits per heavy atom. The molecule has 0 saturated carbocycles. The fourth-order valence-electron chi connectivity index (χ4n) is 3.53. The van der Waals surface area contributed by atoms with Crippen molar-refractivity contribution in [3.63, 3.8) is 0 Å². The molecule has 0 atom stereocenters. The molecular formula is C26H52N2O4. The lowest BCUT2D eigenvalue weighted by Crippen LogP contribution is -2.26. The first-order chi connectivity index (χ1) is 15.7. The molecule has 0 unspecified atom stereocenters. The summed E-state index contributed by atoms with van der Waals surface area (Å²) in [6, 6.07) is 0. The summed E-state index contributed by atoms with van der Waals surface area (Å²) in [5.74, 6) is 0. The summed E-state index contributed by atoms with van der Waals surface area (Å²) in [5.41, 5.74) is 0. The van der Waals surface area contributed by atoms with Gasteiger partial charge in [0.25, 0.3) is 0 Å². The summed E-state index contributed by atoms with van der Waals surface area (Å²) < 4.78 is 10.4. The van der Waals surface area contributed by atoms with Gasteiger partial charge in [0.15, 0.2) is 0 Å². The van der Waals surface area contributed by atoms with E-state index in [1.54, 1.807) is 0 Å². The lowest BCUT2D eigenvalue weighted by atomic mass is 10.1. The molecule has 6 nitrogen and oxygen atoms in total. The Labute approximate surface area is 198 Å². The van der Waals surface area contributed by atoms with Crippen LogP contribution in [-0.2, 0) is 9.47 Å². The Hall–Kier alpha value is -1.46. The second-order valence-electron chi connectivity index (χ2n) is 8.78. The molecule has 190 valence electrons. The average Bonchev–Trinajstić information content (AvgIpc) is 2.79. The maximum Gasteiger partial charge on any atom is 0.407 e.